The van der Waals surface area contributed by atoms with E-state index in [0.29, 0.717) is 44.2 Å². The van der Waals surface area contributed by atoms with Crippen molar-refractivity contribution in [3.63, 3.8) is 0 Å². The number of halogens is 4. The lowest BCUT2D eigenvalue weighted by Crippen LogP contribution is -2.42. The summed E-state index contributed by atoms with van der Waals surface area (Å²) in [6, 6.07) is 15.3. The number of rotatable bonds is 6. The van der Waals surface area contributed by atoms with Crippen molar-refractivity contribution in [1.29, 1.82) is 0 Å². The highest BCUT2D eigenvalue weighted by Gasteiger charge is 2.69. The Balaban J connectivity index is 1.13. The van der Waals surface area contributed by atoms with Crippen LogP contribution in [0.5, 0.6) is 5.75 Å². The minimum Gasteiger partial charge on any atom is -0.483 e. The van der Waals surface area contributed by atoms with E-state index in [1.807, 2.05) is 0 Å². The second-order valence-corrected chi connectivity index (χ2v) is 15.6. The first kappa shape index (κ1) is 31.0. The number of aromatic amines is 1. The molecule has 47 heavy (non-hydrogen) atoms. The maximum absolute atomic E-state index is 14.0. The Labute approximate surface area is 290 Å². The van der Waals surface area contributed by atoms with Crippen molar-refractivity contribution < 1.29 is 23.5 Å². The van der Waals surface area contributed by atoms with E-state index >= 15 is 0 Å². The van der Waals surface area contributed by atoms with Crippen LogP contribution >= 0.6 is 57.9 Å². The molecule has 3 heterocycles. The third-order valence-corrected chi connectivity index (χ3v) is 13.2. The van der Waals surface area contributed by atoms with Crippen molar-refractivity contribution in [1.82, 2.24) is 4.98 Å². The molecule has 8 nitrogen and oxygen atoms in total. The van der Waals surface area contributed by atoms with E-state index in [1.165, 1.54) is 29.2 Å². The number of hydrogen-bond donors (Lipinski definition) is 2. The van der Waals surface area contributed by atoms with Crippen molar-refractivity contribution >= 4 is 87.0 Å². The first-order valence-corrected chi connectivity index (χ1v) is 17.6. The first-order chi connectivity index (χ1) is 22.6. The molecule has 1 saturated heterocycles. The van der Waals surface area contributed by atoms with Crippen LogP contribution in [0.15, 0.2) is 70.5 Å². The van der Waals surface area contributed by atoms with Gasteiger partial charge in [0, 0.05) is 32.3 Å². The van der Waals surface area contributed by atoms with Crippen molar-refractivity contribution in [3.8, 4) is 5.75 Å². The number of carbonyl (C=O) groups is 3. The zero-order valence-corrected chi connectivity index (χ0v) is 27.9. The molecule has 2 bridgehead atoms. The Bertz CT molecular complexity index is 2040. The Morgan fingerprint density at radius 1 is 0.957 bits per heavy atom. The van der Waals surface area contributed by atoms with Gasteiger partial charge in [0.05, 0.1) is 32.6 Å². The van der Waals surface area contributed by atoms with Crippen molar-refractivity contribution in [3.05, 3.63) is 102 Å². The van der Waals surface area contributed by atoms with Crippen LogP contribution in [0, 0.1) is 35.4 Å². The Kier molecular flexibility index (Phi) is 7.68. The van der Waals surface area contributed by atoms with Crippen LogP contribution in [-0.2, 0) is 14.4 Å². The van der Waals surface area contributed by atoms with Crippen LogP contribution in [0.3, 0.4) is 0 Å². The van der Waals surface area contributed by atoms with Crippen LogP contribution in [0.1, 0.15) is 22.8 Å². The fraction of sp³-hybridized carbons (Fsp3) is 0.273. The third-order valence-electron chi connectivity index (χ3n) is 9.68. The molecule has 7 atom stereocenters. The van der Waals surface area contributed by atoms with E-state index in [9.17, 15) is 23.6 Å². The minimum absolute atomic E-state index is 0.0706. The highest BCUT2D eigenvalue weighted by molar-refractivity contribution is 8.00. The molecule has 3 fully saturated rings. The Morgan fingerprint density at radius 3 is 2.45 bits per heavy atom. The monoisotopic (exact) mass is 729 g/mol. The molecule has 240 valence electrons. The number of carbonyl (C=O) groups excluding carboxylic acids is 3. The van der Waals surface area contributed by atoms with Crippen LogP contribution < -0.4 is 19.8 Å². The van der Waals surface area contributed by atoms with Gasteiger partial charge in [0.25, 0.3) is 5.91 Å². The fourth-order valence-corrected chi connectivity index (χ4v) is 11.4. The number of hydrogen-bond acceptors (Lipinski definition) is 7. The van der Waals surface area contributed by atoms with Gasteiger partial charge in [-0.1, -0.05) is 46.1 Å². The number of H-pyrrole nitrogens is 1. The molecule has 3 aromatic carbocycles. The number of imide groups is 1. The van der Waals surface area contributed by atoms with E-state index in [1.54, 1.807) is 48.2 Å². The van der Waals surface area contributed by atoms with Gasteiger partial charge in [-0.05, 0) is 84.8 Å². The van der Waals surface area contributed by atoms with Gasteiger partial charge in [-0.2, -0.15) is 0 Å². The Morgan fingerprint density at radius 2 is 1.70 bits per heavy atom. The number of nitrogens with one attached hydrogen (secondary N) is 2. The standard InChI is InChI=1S/C33H23Cl3FN3O5S2/c34-13-1-8-22(45-12-23(41)38-15-4-7-20(35)21(36)10-15)17(9-13)24-25-18-11-19(28(25)46-30-29(24)47-33(44)39-30)27-26(18)31(42)40(32(27)43)16-5-2-14(37)3-6-16/h1-10,18-19,24-28H,11-12H2,(H,38,41)(H,39,44)/t18-,19-,24-,25?,26?,27?,28?/m1/s1. The number of thiazole rings is 1. The number of amides is 3. The zero-order chi connectivity index (χ0) is 32.7. The molecular formula is C33H23Cl3FN3O5S2. The molecule has 8 rings (SSSR count). The summed E-state index contributed by atoms with van der Waals surface area (Å²) >= 11 is 21.3. The summed E-state index contributed by atoms with van der Waals surface area (Å²) in [5.41, 5.74) is 1.51. The van der Waals surface area contributed by atoms with E-state index in [0.717, 1.165) is 21.2 Å². The summed E-state index contributed by atoms with van der Waals surface area (Å²) < 4.78 is 19.8. The smallest absolute Gasteiger partial charge is 0.305 e. The van der Waals surface area contributed by atoms with Crippen molar-refractivity contribution in [2.45, 2.75) is 22.6 Å². The van der Waals surface area contributed by atoms with Crippen LogP contribution in [-0.4, -0.2) is 34.6 Å². The second kappa shape index (κ2) is 11.7. The van der Waals surface area contributed by atoms with Gasteiger partial charge in [-0.3, -0.25) is 24.1 Å². The molecule has 2 N–H and O–H groups in total. The summed E-state index contributed by atoms with van der Waals surface area (Å²) in [4.78, 5) is 58.2. The molecule has 0 spiro atoms. The van der Waals surface area contributed by atoms with Crippen molar-refractivity contribution in [2.75, 3.05) is 16.8 Å². The molecule has 2 aliphatic heterocycles. The van der Waals surface area contributed by atoms with Gasteiger partial charge in [0.15, 0.2) is 6.61 Å². The predicted molar refractivity (Wildman–Crippen MR) is 179 cm³/mol. The lowest BCUT2D eigenvalue weighted by molar-refractivity contribution is -0.123. The normalized spacial score (nSPS) is 27.1. The predicted octanol–water partition coefficient (Wildman–Crippen LogP) is 7.23. The second-order valence-electron chi connectivity index (χ2n) is 12.1. The highest BCUT2D eigenvalue weighted by atomic mass is 35.5. The number of ether oxygens (including phenoxy) is 1. The van der Waals surface area contributed by atoms with Gasteiger partial charge in [0.2, 0.25) is 11.8 Å². The molecule has 4 unspecified atom stereocenters. The number of benzene rings is 3. The zero-order valence-electron chi connectivity index (χ0n) is 24.0. The van der Waals surface area contributed by atoms with E-state index in [-0.39, 0.29) is 52.2 Å². The lowest BCUT2D eigenvalue weighted by atomic mass is 9.68. The van der Waals surface area contributed by atoms with Crippen LogP contribution in [0.25, 0.3) is 0 Å². The summed E-state index contributed by atoms with van der Waals surface area (Å²) in [5, 5.41) is 4.51. The molecule has 4 aromatic rings. The SMILES string of the molecule is O=C(COc1ccc(Cl)cc1[C@H]1c2sc(=O)[nH]c2SC2C1[C@H]1C[C@@H]2C2C(=O)N(c3ccc(F)cc3)C(=O)C21)Nc1ccc(Cl)c(Cl)c1. The minimum atomic E-state index is -0.542. The molecule has 2 aliphatic carbocycles. The van der Waals surface area contributed by atoms with Gasteiger partial charge in [0.1, 0.15) is 11.6 Å². The fourth-order valence-electron chi connectivity index (χ4n) is 8.02. The number of anilines is 2. The highest BCUT2D eigenvalue weighted by Crippen LogP contribution is 2.69. The largest absolute Gasteiger partial charge is 0.483 e. The molecule has 2 saturated carbocycles. The molecule has 3 amide bonds. The lowest BCUT2D eigenvalue weighted by Gasteiger charge is -2.43. The van der Waals surface area contributed by atoms with E-state index in [2.05, 4.69) is 10.3 Å². The summed E-state index contributed by atoms with van der Waals surface area (Å²) in [6.07, 6.45) is 0.685. The van der Waals surface area contributed by atoms with E-state index < -0.39 is 23.6 Å². The maximum Gasteiger partial charge on any atom is 0.305 e. The third kappa shape index (κ3) is 5.09. The summed E-state index contributed by atoms with van der Waals surface area (Å²) in [7, 11) is 0. The number of nitrogens with zero attached hydrogens (tertiary/aromatic N) is 1. The van der Waals surface area contributed by atoms with Gasteiger partial charge in [-0.15, -0.1) is 11.8 Å². The van der Waals surface area contributed by atoms with Crippen LogP contribution in [0.4, 0.5) is 15.8 Å². The summed E-state index contributed by atoms with van der Waals surface area (Å²) in [5.74, 6) is -2.83. The van der Waals surface area contributed by atoms with Gasteiger partial charge < -0.3 is 15.0 Å². The maximum atomic E-state index is 14.0. The number of aromatic nitrogens is 1. The molecule has 1 aromatic heterocycles. The number of fused-ring (bicyclic) bond motifs is 9. The summed E-state index contributed by atoms with van der Waals surface area (Å²) in [6.45, 7) is -0.322. The van der Waals surface area contributed by atoms with Gasteiger partial charge >= 0.3 is 4.87 Å². The van der Waals surface area contributed by atoms with Gasteiger partial charge in [-0.25, -0.2) is 4.39 Å². The molecule has 0 radical (unpaired) electrons. The topological polar surface area (TPSA) is 109 Å². The first-order valence-electron chi connectivity index (χ1n) is 14.8. The quantitative estimate of drug-likeness (QED) is 0.203. The van der Waals surface area contributed by atoms with Crippen LogP contribution in [0.2, 0.25) is 15.1 Å². The van der Waals surface area contributed by atoms with E-state index in [4.69, 9.17) is 39.5 Å². The molecular weight excluding hydrogens is 708 g/mol. The van der Waals surface area contributed by atoms with Crippen molar-refractivity contribution in [2.24, 2.45) is 29.6 Å². The number of thioether (sulfide) groups is 1. The average Bonchev–Trinajstić information content (AvgIpc) is 3.78. The molecule has 14 heteroatoms. The average molecular weight is 731 g/mol. The Hall–Kier alpha value is -3.35. The molecule has 4 aliphatic rings.